The molecular weight excluding hydrogens is 370 g/mol. The number of benzene rings is 1. The molecule has 3 rings (SSSR count). The third kappa shape index (κ3) is 4.39. The van der Waals surface area contributed by atoms with Crippen molar-refractivity contribution in [3.8, 4) is 17.0 Å². The predicted octanol–water partition coefficient (Wildman–Crippen LogP) is 4.34. The zero-order valence-electron chi connectivity index (χ0n) is 14.4. The van der Waals surface area contributed by atoms with Crippen molar-refractivity contribution in [2.45, 2.75) is 26.4 Å². The van der Waals surface area contributed by atoms with Crippen molar-refractivity contribution in [3.63, 3.8) is 0 Å². The fourth-order valence-electron chi connectivity index (χ4n) is 2.45. The summed E-state index contributed by atoms with van der Waals surface area (Å²) in [6, 6.07) is 8.85. The van der Waals surface area contributed by atoms with Crippen LogP contribution in [0.5, 0.6) is 5.75 Å². The highest BCUT2D eigenvalue weighted by Crippen LogP contribution is 2.28. The number of hydrogen-bond acceptors (Lipinski definition) is 5. The van der Waals surface area contributed by atoms with Gasteiger partial charge in [-0.2, -0.15) is 0 Å². The van der Waals surface area contributed by atoms with Crippen molar-refractivity contribution in [3.05, 3.63) is 63.2 Å². The van der Waals surface area contributed by atoms with E-state index in [1.54, 1.807) is 41.8 Å². The quantitative estimate of drug-likeness (QED) is 0.638. The van der Waals surface area contributed by atoms with Gasteiger partial charge in [-0.05, 0) is 44.2 Å². The Morgan fingerprint density at radius 3 is 2.77 bits per heavy atom. The Kier molecular flexibility index (Phi) is 5.54. The second-order valence-electron chi connectivity index (χ2n) is 6.03. The lowest BCUT2D eigenvalue weighted by Gasteiger charge is -2.14. The Labute approximate surface area is 160 Å². The molecule has 0 aliphatic rings. The van der Waals surface area contributed by atoms with Crippen molar-refractivity contribution < 1.29 is 9.53 Å². The number of rotatable bonds is 6. The van der Waals surface area contributed by atoms with Gasteiger partial charge in [0, 0.05) is 34.7 Å². The molecular formula is C19H18ClN3O2S. The molecule has 0 unspecified atom stereocenters. The minimum atomic E-state index is -0.464. The van der Waals surface area contributed by atoms with Gasteiger partial charge in [0.1, 0.15) is 10.9 Å². The third-order valence-electron chi connectivity index (χ3n) is 3.62. The van der Waals surface area contributed by atoms with E-state index in [0.717, 1.165) is 27.6 Å². The zero-order valence-corrected chi connectivity index (χ0v) is 16.0. The number of amides is 1. The van der Waals surface area contributed by atoms with Gasteiger partial charge >= 0.3 is 0 Å². The molecule has 2 N–H and O–H groups in total. The number of carbonyl (C=O) groups is 1. The van der Waals surface area contributed by atoms with Gasteiger partial charge in [-0.15, -0.1) is 11.3 Å². The number of halogens is 1. The Morgan fingerprint density at radius 1 is 1.31 bits per heavy atom. The first-order valence-electron chi connectivity index (χ1n) is 8.08. The smallest absolute Gasteiger partial charge is 0.248 e. The van der Waals surface area contributed by atoms with E-state index in [9.17, 15) is 4.79 Å². The molecule has 5 nitrogen and oxygen atoms in total. The van der Waals surface area contributed by atoms with Gasteiger partial charge in [0.15, 0.2) is 0 Å². The maximum Gasteiger partial charge on any atom is 0.248 e. The van der Waals surface area contributed by atoms with Crippen molar-refractivity contribution in [1.29, 1.82) is 0 Å². The molecule has 2 heterocycles. The summed E-state index contributed by atoms with van der Waals surface area (Å²) in [5.41, 5.74) is 8.49. The Balaban J connectivity index is 1.89. The summed E-state index contributed by atoms with van der Waals surface area (Å²) in [5.74, 6) is 0.268. The molecule has 7 heteroatoms. The number of pyridine rings is 1. The minimum absolute atomic E-state index is 0.0279. The van der Waals surface area contributed by atoms with Gasteiger partial charge in [-0.25, -0.2) is 9.97 Å². The summed E-state index contributed by atoms with van der Waals surface area (Å²) in [7, 11) is 0. The number of primary amides is 1. The summed E-state index contributed by atoms with van der Waals surface area (Å²) >= 11 is 7.37. The van der Waals surface area contributed by atoms with Crippen LogP contribution in [-0.4, -0.2) is 22.0 Å². The summed E-state index contributed by atoms with van der Waals surface area (Å²) in [6.07, 6.45) is 2.28. The average molecular weight is 388 g/mol. The van der Waals surface area contributed by atoms with Crippen LogP contribution in [-0.2, 0) is 6.42 Å². The first kappa shape index (κ1) is 18.4. The number of carbonyl (C=O) groups excluding carboxylic acids is 1. The Morgan fingerprint density at radius 2 is 2.12 bits per heavy atom. The lowest BCUT2D eigenvalue weighted by Crippen LogP contribution is -2.13. The molecule has 0 fully saturated rings. The second kappa shape index (κ2) is 7.85. The van der Waals surface area contributed by atoms with E-state index in [1.807, 2.05) is 25.3 Å². The van der Waals surface area contributed by atoms with E-state index in [1.165, 1.54) is 0 Å². The fraction of sp³-hybridized carbons (Fsp3) is 0.211. The molecule has 0 spiro atoms. The standard InChI is InChI=1S/C19H18ClN3O2S/c1-11(2)25-16-5-3-12(19(21)24)7-14(16)8-18-23-15(10-26-18)13-4-6-17(20)22-9-13/h3-7,9-11H,8H2,1-2H3,(H2,21,24). The van der Waals surface area contributed by atoms with Crippen molar-refractivity contribution in [1.82, 2.24) is 9.97 Å². The SMILES string of the molecule is CC(C)Oc1ccc(C(N)=O)cc1Cc1nc(-c2ccc(Cl)nc2)cs1. The first-order chi connectivity index (χ1) is 12.4. The van der Waals surface area contributed by atoms with Crippen LogP contribution in [0.4, 0.5) is 0 Å². The van der Waals surface area contributed by atoms with Crippen LogP contribution < -0.4 is 10.5 Å². The number of hydrogen-bond donors (Lipinski definition) is 1. The molecule has 134 valence electrons. The molecule has 0 aliphatic heterocycles. The van der Waals surface area contributed by atoms with E-state index in [0.29, 0.717) is 17.1 Å². The molecule has 2 aromatic heterocycles. The van der Waals surface area contributed by atoms with Gasteiger partial charge in [0.25, 0.3) is 0 Å². The molecule has 1 amide bonds. The largest absolute Gasteiger partial charge is 0.491 e. The van der Waals surface area contributed by atoms with Crippen LogP contribution in [0, 0.1) is 0 Å². The van der Waals surface area contributed by atoms with Gasteiger partial charge in [-0.3, -0.25) is 4.79 Å². The predicted molar refractivity (Wildman–Crippen MR) is 104 cm³/mol. The first-order valence-corrected chi connectivity index (χ1v) is 9.34. The molecule has 0 saturated carbocycles. The van der Waals surface area contributed by atoms with Crippen LogP contribution in [0.15, 0.2) is 41.9 Å². The molecule has 1 aromatic carbocycles. The molecule has 0 aliphatic carbocycles. The van der Waals surface area contributed by atoms with Crippen LogP contribution in [0.2, 0.25) is 5.15 Å². The van der Waals surface area contributed by atoms with E-state index in [2.05, 4.69) is 9.97 Å². The van der Waals surface area contributed by atoms with Crippen molar-refractivity contribution in [2.24, 2.45) is 5.73 Å². The fourth-order valence-corrected chi connectivity index (χ4v) is 3.39. The summed E-state index contributed by atoms with van der Waals surface area (Å²) < 4.78 is 5.86. The highest BCUT2D eigenvalue weighted by molar-refractivity contribution is 7.10. The molecule has 0 atom stereocenters. The monoisotopic (exact) mass is 387 g/mol. The van der Waals surface area contributed by atoms with Crippen molar-refractivity contribution in [2.75, 3.05) is 0 Å². The highest BCUT2D eigenvalue weighted by Gasteiger charge is 2.13. The van der Waals surface area contributed by atoms with Crippen LogP contribution >= 0.6 is 22.9 Å². The zero-order chi connectivity index (χ0) is 18.7. The number of nitrogens with zero attached hydrogens (tertiary/aromatic N) is 2. The Hall–Kier alpha value is -2.44. The summed E-state index contributed by atoms with van der Waals surface area (Å²) in [6.45, 7) is 3.92. The van der Waals surface area contributed by atoms with Crippen LogP contribution in [0.3, 0.4) is 0 Å². The van der Waals surface area contributed by atoms with Crippen LogP contribution in [0.1, 0.15) is 34.8 Å². The normalized spacial score (nSPS) is 10.9. The third-order valence-corrected chi connectivity index (χ3v) is 4.70. The average Bonchev–Trinajstić information content (AvgIpc) is 3.05. The summed E-state index contributed by atoms with van der Waals surface area (Å²) in [4.78, 5) is 20.3. The lowest BCUT2D eigenvalue weighted by molar-refractivity contribution is 0.1000. The minimum Gasteiger partial charge on any atom is -0.491 e. The van der Waals surface area contributed by atoms with Gasteiger partial charge in [0.2, 0.25) is 5.91 Å². The van der Waals surface area contributed by atoms with E-state index < -0.39 is 5.91 Å². The van der Waals surface area contributed by atoms with Crippen LogP contribution in [0.25, 0.3) is 11.3 Å². The Bertz CT molecular complexity index is 923. The van der Waals surface area contributed by atoms with E-state index in [4.69, 9.17) is 22.1 Å². The number of ether oxygens (including phenoxy) is 1. The van der Waals surface area contributed by atoms with Gasteiger partial charge in [0.05, 0.1) is 16.8 Å². The van der Waals surface area contributed by atoms with Gasteiger partial charge < -0.3 is 10.5 Å². The number of aromatic nitrogens is 2. The highest BCUT2D eigenvalue weighted by atomic mass is 35.5. The molecule has 0 bridgehead atoms. The van der Waals surface area contributed by atoms with Crippen molar-refractivity contribution >= 4 is 28.8 Å². The molecule has 26 heavy (non-hydrogen) atoms. The molecule has 3 aromatic rings. The summed E-state index contributed by atoms with van der Waals surface area (Å²) in [5, 5.41) is 3.33. The van der Waals surface area contributed by atoms with E-state index in [-0.39, 0.29) is 6.10 Å². The topological polar surface area (TPSA) is 78.1 Å². The second-order valence-corrected chi connectivity index (χ2v) is 7.36. The maximum atomic E-state index is 11.5. The molecule has 0 radical (unpaired) electrons. The van der Waals surface area contributed by atoms with E-state index >= 15 is 0 Å². The number of thiazole rings is 1. The lowest BCUT2D eigenvalue weighted by atomic mass is 10.1. The number of nitrogens with two attached hydrogens (primary N) is 1. The van der Waals surface area contributed by atoms with Gasteiger partial charge in [-0.1, -0.05) is 11.6 Å². The maximum absolute atomic E-state index is 11.5. The molecule has 0 saturated heterocycles.